The van der Waals surface area contributed by atoms with E-state index in [4.69, 9.17) is 5.11 Å². The number of carbonyl (C=O) groups is 2. The largest absolute Gasteiger partial charge is 0.478 e. The fraction of sp³-hybridized carbons (Fsp3) is 0.467. The predicted octanol–water partition coefficient (Wildman–Crippen LogP) is 3.40. The molecule has 0 spiro atoms. The zero-order valence-electron chi connectivity index (χ0n) is 11.9. The standard InChI is InChI=1S/C15H21NO3/c1-10(15(2,3)4)9-13(17)16-12-7-5-11(6-8-12)14(18)19/h5-8,10H,9H2,1-4H3,(H,16,17)(H,18,19). The summed E-state index contributed by atoms with van der Waals surface area (Å²) in [6.07, 6.45) is 0.449. The van der Waals surface area contributed by atoms with Gasteiger partial charge in [-0.2, -0.15) is 0 Å². The maximum absolute atomic E-state index is 11.9. The van der Waals surface area contributed by atoms with Gasteiger partial charge in [-0.15, -0.1) is 0 Å². The third-order valence-corrected chi connectivity index (χ3v) is 3.39. The SMILES string of the molecule is CC(CC(=O)Nc1ccc(C(=O)O)cc1)C(C)(C)C. The van der Waals surface area contributed by atoms with Gasteiger partial charge in [-0.3, -0.25) is 4.79 Å². The average molecular weight is 263 g/mol. The molecule has 0 heterocycles. The summed E-state index contributed by atoms with van der Waals surface area (Å²) in [5, 5.41) is 11.6. The lowest BCUT2D eigenvalue weighted by Gasteiger charge is -2.26. The van der Waals surface area contributed by atoms with Crippen LogP contribution in [0.15, 0.2) is 24.3 Å². The van der Waals surface area contributed by atoms with E-state index in [0.29, 0.717) is 12.1 Å². The summed E-state index contributed by atoms with van der Waals surface area (Å²) >= 11 is 0. The van der Waals surface area contributed by atoms with Crippen LogP contribution in [0, 0.1) is 11.3 Å². The van der Waals surface area contributed by atoms with E-state index in [-0.39, 0.29) is 22.8 Å². The molecule has 0 aliphatic heterocycles. The van der Waals surface area contributed by atoms with Gasteiger partial charge in [0.1, 0.15) is 0 Å². The lowest BCUT2D eigenvalue weighted by Crippen LogP contribution is -2.23. The van der Waals surface area contributed by atoms with Crippen molar-refractivity contribution in [3.05, 3.63) is 29.8 Å². The van der Waals surface area contributed by atoms with Crippen molar-refractivity contribution in [1.82, 2.24) is 0 Å². The molecule has 1 aromatic rings. The fourth-order valence-electron chi connectivity index (χ4n) is 1.49. The number of anilines is 1. The fourth-order valence-corrected chi connectivity index (χ4v) is 1.49. The number of carboxylic acid groups (broad SMARTS) is 1. The second-order valence-electron chi connectivity index (χ2n) is 5.90. The Labute approximate surface area is 113 Å². The van der Waals surface area contributed by atoms with Crippen molar-refractivity contribution < 1.29 is 14.7 Å². The predicted molar refractivity (Wildman–Crippen MR) is 75.3 cm³/mol. The van der Waals surface area contributed by atoms with E-state index >= 15 is 0 Å². The van der Waals surface area contributed by atoms with Crippen molar-refractivity contribution in [3.63, 3.8) is 0 Å². The van der Waals surface area contributed by atoms with Crippen molar-refractivity contribution in [2.75, 3.05) is 5.32 Å². The van der Waals surface area contributed by atoms with E-state index in [1.165, 1.54) is 12.1 Å². The molecule has 4 nitrogen and oxygen atoms in total. The van der Waals surface area contributed by atoms with Crippen LogP contribution < -0.4 is 5.32 Å². The van der Waals surface area contributed by atoms with Gasteiger partial charge >= 0.3 is 5.97 Å². The molecule has 1 amide bonds. The lowest BCUT2D eigenvalue weighted by molar-refractivity contribution is -0.117. The molecule has 4 heteroatoms. The van der Waals surface area contributed by atoms with Gasteiger partial charge in [0.15, 0.2) is 0 Å². The van der Waals surface area contributed by atoms with Crippen LogP contribution in [0.3, 0.4) is 0 Å². The maximum Gasteiger partial charge on any atom is 0.335 e. The number of rotatable bonds is 4. The Kier molecular flexibility index (Phi) is 4.70. The molecule has 0 aliphatic carbocycles. The monoisotopic (exact) mass is 263 g/mol. The average Bonchev–Trinajstić information content (AvgIpc) is 2.28. The number of amides is 1. The molecule has 0 aromatic heterocycles. The highest BCUT2D eigenvalue weighted by molar-refractivity contribution is 5.92. The summed E-state index contributed by atoms with van der Waals surface area (Å²) < 4.78 is 0. The molecule has 0 saturated carbocycles. The summed E-state index contributed by atoms with van der Waals surface area (Å²) in [5.74, 6) is -0.754. The van der Waals surface area contributed by atoms with Crippen LogP contribution in [0.4, 0.5) is 5.69 Å². The van der Waals surface area contributed by atoms with Crippen LogP contribution in [0.25, 0.3) is 0 Å². The third-order valence-electron chi connectivity index (χ3n) is 3.39. The van der Waals surface area contributed by atoms with Gasteiger partial charge in [0, 0.05) is 12.1 Å². The van der Waals surface area contributed by atoms with Crippen molar-refractivity contribution in [2.24, 2.45) is 11.3 Å². The van der Waals surface area contributed by atoms with Crippen molar-refractivity contribution >= 4 is 17.6 Å². The van der Waals surface area contributed by atoms with Crippen LogP contribution in [0.1, 0.15) is 44.5 Å². The molecule has 2 N–H and O–H groups in total. The molecule has 0 aliphatic rings. The lowest BCUT2D eigenvalue weighted by atomic mass is 9.80. The minimum absolute atomic E-state index is 0.0505. The first-order valence-electron chi connectivity index (χ1n) is 6.33. The minimum atomic E-state index is -0.973. The number of benzene rings is 1. The Morgan fingerprint density at radius 2 is 1.74 bits per heavy atom. The third kappa shape index (κ3) is 4.73. The smallest absolute Gasteiger partial charge is 0.335 e. The van der Waals surface area contributed by atoms with E-state index in [2.05, 4.69) is 26.1 Å². The summed E-state index contributed by atoms with van der Waals surface area (Å²) in [5.41, 5.74) is 0.919. The summed E-state index contributed by atoms with van der Waals surface area (Å²) in [6.45, 7) is 8.36. The van der Waals surface area contributed by atoms with E-state index < -0.39 is 5.97 Å². The molecule has 0 bridgehead atoms. The zero-order chi connectivity index (χ0) is 14.6. The second kappa shape index (κ2) is 5.87. The molecule has 1 unspecified atom stereocenters. The summed E-state index contributed by atoms with van der Waals surface area (Å²) in [4.78, 5) is 22.6. The molecule has 19 heavy (non-hydrogen) atoms. The highest BCUT2D eigenvalue weighted by Crippen LogP contribution is 2.28. The van der Waals surface area contributed by atoms with E-state index in [9.17, 15) is 9.59 Å². The van der Waals surface area contributed by atoms with Crippen LogP contribution in [-0.4, -0.2) is 17.0 Å². The number of hydrogen-bond acceptors (Lipinski definition) is 2. The number of carbonyl (C=O) groups excluding carboxylic acids is 1. The zero-order valence-corrected chi connectivity index (χ0v) is 11.9. The van der Waals surface area contributed by atoms with E-state index in [1.54, 1.807) is 12.1 Å². The van der Waals surface area contributed by atoms with Crippen LogP contribution in [0.5, 0.6) is 0 Å². The van der Waals surface area contributed by atoms with Gasteiger partial charge in [-0.05, 0) is 35.6 Å². The Morgan fingerprint density at radius 1 is 1.21 bits per heavy atom. The second-order valence-corrected chi connectivity index (χ2v) is 5.90. The summed E-state index contributed by atoms with van der Waals surface area (Å²) in [7, 11) is 0. The first-order chi connectivity index (χ1) is 8.70. The van der Waals surface area contributed by atoms with E-state index in [1.807, 2.05) is 6.92 Å². The molecular formula is C15H21NO3. The number of carboxylic acids is 1. The molecule has 1 aromatic carbocycles. The van der Waals surface area contributed by atoms with Crippen molar-refractivity contribution in [3.8, 4) is 0 Å². The normalized spacial score (nSPS) is 12.8. The number of hydrogen-bond donors (Lipinski definition) is 2. The van der Waals surface area contributed by atoms with Gasteiger partial charge in [-0.25, -0.2) is 4.79 Å². The first-order valence-corrected chi connectivity index (χ1v) is 6.33. The highest BCUT2D eigenvalue weighted by atomic mass is 16.4. The van der Waals surface area contributed by atoms with Crippen LogP contribution in [-0.2, 0) is 4.79 Å². The first kappa shape index (κ1) is 15.2. The number of nitrogens with one attached hydrogen (secondary N) is 1. The van der Waals surface area contributed by atoms with Gasteiger partial charge in [-0.1, -0.05) is 27.7 Å². The maximum atomic E-state index is 11.9. The Balaban J connectivity index is 2.60. The van der Waals surface area contributed by atoms with Crippen molar-refractivity contribution in [2.45, 2.75) is 34.1 Å². The van der Waals surface area contributed by atoms with Crippen LogP contribution >= 0.6 is 0 Å². The topological polar surface area (TPSA) is 66.4 Å². The molecule has 0 fully saturated rings. The molecular weight excluding hydrogens is 242 g/mol. The van der Waals surface area contributed by atoms with Gasteiger partial charge in [0.05, 0.1) is 5.56 Å². The highest BCUT2D eigenvalue weighted by Gasteiger charge is 2.22. The molecule has 104 valence electrons. The van der Waals surface area contributed by atoms with Crippen molar-refractivity contribution in [1.29, 1.82) is 0 Å². The Hall–Kier alpha value is -1.84. The Bertz CT molecular complexity index is 457. The van der Waals surface area contributed by atoms with Gasteiger partial charge in [0.2, 0.25) is 5.91 Å². The molecule has 0 saturated heterocycles. The van der Waals surface area contributed by atoms with Gasteiger partial charge < -0.3 is 10.4 Å². The number of aromatic carboxylic acids is 1. The quantitative estimate of drug-likeness (QED) is 0.875. The molecule has 0 radical (unpaired) electrons. The Morgan fingerprint density at radius 3 is 2.16 bits per heavy atom. The molecule has 1 atom stereocenters. The molecule has 1 rings (SSSR count). The van der Waals surface area contributed by atoms with Gasteiger partial charge in [0.25, 0.3) is 0 Å². The van der Waals surface area contributed by atoms with E-state index in [0.717, 1.165) is 0 Å². The summed E-state index contributed by atoms with van der Waals surface area (Å²) in [6, 6.07) is 6.16. The van der Waals surface area contributed by atoms with Crippen LogP contribution in [0.2, 0.25) is 0 Å². The minimum Gasteiger partial charge on any atom is -0.478 e.